The van der Waals surface area contributed by atoms with Crippen LogP contribution in [0.5, 0.6) is 0 Å². The molecule has 1 aromatic rings. The molecule has 4 heteroatoms. The molecule has 96 valence electrons. The number of nitro benzene ring substituents is 1. The zero-order valence-electron chi connectivity index (χ0n) is 10.4. The van der Waals surface area contributed by atoms with Gasteiger partial charge in [-0.05, 0) is 43.9 Å². The van der Waals surface area contributed by atoms with Gasteiger partial charge in [-0.3, -0.25) is 10.1 Å². The van der Waals surface area contributed by atoms with Crippen molar-refractivity contribution in [2.45, 2.75) is 31.8 Å². The molecule has 1 aliphatic carbocycles. The standard InChI is InChI=1S/C14H17NO3/c1-14(16,11-5-3-2-4-6-11)12-7-9-13(10-8-12)15(17)18/h3,5,7-11,16H,2,4,6H2,1H3/t11-,14-/m0/s1. The molecule has 0 fully saturated rings. The molecule has 0 amide bonds. The quantitative estimate of drug-likeness (QED) is 0.507. The second-order valence-electron chi connectivity index (χ2n) is 4.92. The van der Waals surface area contributed by atoms with E-state index < -0.39 is 10.5 Å². The average Bonchev–Trinajstić information content (AvgIpc) is 2.40. The summed E-state index contributed by atoms with van der Waals surface area (Å²) in [6.45, 7) is 1.77. The molecule has 0 bridgehead atoms. The number of benzene rings is 1. The number of nitrogens with zero attached hydrogens (tertiary/aromatic N) is 1. The summed E-state index contributed by atoms with van der Waals surface area (Å²) in [6.07, 6.45) is 7.22. The first-order valence-corrected chi connectivity index (χ1v) is 6.16. The van der Waals surface area contributed by atoms with Crippen LogP contribution in [0.25, 0.3) is 0 Å². The normalized spacial score (nSPS) is 22.4. The first kappa shape index (κ1) is 12.8. The fourth-order valence-electron chi connectivity index (χ4n) is 2.42. The lowest BCUT2D eigenvalue weighted by atomic mass is 9.78. The van der Waals surface area contributed by atoms with Gasteiger partial charge >= 0.3 is 0 Å². The van der Waals surface area contributed by atoms with Crippen LogP contribution >= 0.6 is 0 Å². The summed E-state index contributed by atoms with van der Waals surface area (Å²) in [5.41, 5.74) is -0.190. The molecule has 1 N–H and O–H groups in total. The van der Waals surface area contributed by atoms with Gasteiger partial charge in [-0.1, -0.05) is 12.2 Å². The van der Waals surface area contributed by atoms with Crippen LogP contribution in [0.1, 0.15) is 31.7 Å². The molecule has 0 heterocycles. The highest BCUT2D eigenvalue weighted by Crippen LogP contribution is 2.36. The summed E-state index contributed by atoms with van der Waals surface area (Å²) in [5.74, 6) is 0.0766. The Balaban J connectivity index is 2.25. The molecular formula is C14H17NO3. The van der Waals surface area contributed by atoms with E-state index in [2.05, 4.69) is 6.08 Å². The minimum absolute atomic E-state index is 0.0498. The fourth-order valence-corrected chi connectivity index (χ4v) is 2.42. The van der Waals surface area contributed by atoms with Crippen molar-refractivity contribution in [2.24, 2.45) is 5.92 Å². The smallest absolute Gasteiger partial charge is 0.269 e. The number of allylic oxidation sites excluding steroid dienone is 1. The van der Waals surface area contributed by atoms with Crippen LogP contribution in [-0.2, 0) is 5.60 Å². The van der Waals surface area contributed by atoms with Gasteiger partial charge < -0.3 is 5.11 Å². The number of hydrogen-bond acceptors (Lipinski definition) is 3. The molecule has 2 atom stereocenters. The number of hydrogen-bond donors (Lipinski definition) is 1. The van der Waals surface area contributed by atoms with Gasteiger partial charge in [0.25, 0.3) is 5.69 Å². The van der Waals surface area contributed by atoms with E-state index in [1.807, 2.05) is 6.08 Å². The van der Waals surface area contributed by atoms with Gasteiger partial charge in [-0.15, -0.1) is 0 Å². The SMILES string of the molecule is C[C@@](O)(c1ccc([N+](=O)[O-])cc1)[C@H]1C=CCCC1. The Hall–Kier alpha value is -1.68. The zero-order chi connectivity index (χ0) is 13.2. The van der Waals surface area contributed by atoms with E-state index in [0.717, 1.165) is 24.8 Å². The second-order valence-corrected chi connectivity index (χ2v) is 4.92. The topological polar surface area (TPSA) is 63.4 Å². The molecule has 0 unspecified atom stereocenters. The molecule has 1 aromatic carbocycles. The molecule has 0 spiro atoms. The fraction of sp³-hybridized carbons (Fsp3) is 0.429. The van der Waals surface area contributed by atoms with E-state index in [1.54, 1.807) is 19.1 Å². The van der Waals surface area contributed by atoms with Gasteiger partial charge in [-0.25, -0.2) is 0 Å². The van der Waals surface area contributed by atoms with Crippen LogP contribution < -0.4 is 0 Å². The van der Waals surface area contributed by atoms with E-state index in [4.69, 9.17) is 0 Å². The lowest BCUT2D eigenvalue weighted by Gasteiger charge is -2.33. The van der Waals surface area contributed by atoms with E-state index in [9.17, 15) is 15.2 Å². The molecule has 0 radical (unpaired) electrons. The summed E-state index contributed by atoms with van der Waals surface area (Å²) < 4.78 is 0. The van der Waals surface area contributed by atoms with E-state index in [0.29, 0.717) is 0 Å². The van der Waals surface area contributed by atoms with Crippen LogP contribution in [0.4, 0.5) is 5.69 Å². The predicted octanol–water partition coefficient (Wildman–Crippen LogP) is 3.16. The summed E-state index contributed by atoms with van der Waals surface area (Å²) in [6, 6.07) is 6.16. The summed E-state index contributed by atoms with van der Waals surface area (Å²) in [4.78, 5) is 10.2. The second kappa shape index (κ2) is 4.90. The molecule has 18 heavy (non-hydrogen) atoms. The summed E-state index contributed by atoms with van der Waals surface area (Å²) >= 11 is 0. The van der Waals surface area contributed by atoms with Crippen LogP contribution in [0, 0.1) is 16.0 Å². The van der Waals surface area contributed by atoms with E-state index in [-0.39, 0.29) is 11.6 Å². The van der Waals surface area contributed by atoms with Gasteiger partial charge in [0.2, 0.25) is 0 Å². The van der Waals surface area contributed by atoms with Crippen molar-refractivity contribution in [1.82, 2.24) is 0 Å². The Morgan fingerprint density at radius 2 is 2.06 bits per heavy atom. The molecule has 1 aliphatic rings. The highest BCUT2D eigenvalue weighted by Gasteiger charge is 2.32. The van der Waals surface area contributed by atoms with Crippen molar-refractivity contribution < 1.29 is 10.0 Å². The van der Waals surface area contributed by atoms with Crippen molar-refractivity contribution in [3.8, 4) is 0 Å². The Labute approximate surface area is 106 Å². The van der Waals surface area contributed by atoms with Crippen molar-refractivity contribution in [3.05, 3.63) is 52.1 Å². The van der Waals surface area contributed by atoms with Gasteiger partial charge in [0.05, 0.1) is 10.5 Å². The molecule has 4 nitrogen and oxygen atoms in total. The maximum absolute atomic E-state index is 10.6. The maximum Gasteiger partial charge on any atom is 0.269 e. The third kappa shape index (κ3) is 2.43. The van der Waals surface area contributed by atoms with E-state index >= 15 is 0 Å². The van der Waals surface area contributed by atoms with Crippen LogP contribution in [-0.4, -0.2) is 10.0 Å². The number of rotatable bonds is 3. The Morgan fingerprint density at radius 3 is 2.56 bits per heavy atom. The van der Waals surface area contributed by atoms with Gasteiger partial charge in [0, 0.05) is 18.1 Å². The summed E-state index contributed by atoms with van der Waals surface area (Å²) in [7, 11) is 0. The lowest BCUT2D eigenvalue weighted by molar-refractivity contribution is -0.384. The monoisotopic (exact) mass is 247 g/mol. The maximum atomic E-state index is 10.6. The third-order valence-corrected chi connectivity index (χ3v) is 3.64. The third-order valence-electron chi connectivity index (χ3n) is 3.64. The predicted molar refractivity (Wildman–Crippen MR) is 69.1 cm³/mol. The Bertz CT molecular complexity index is 462. The summed E-state index contributed by atoms with van der Waals surface area (Å²) in [5, 5.41) is 21.2. The average molecular weight is 247 g/mol. The van der Waals surface area contributed by atoms with Gasteiger partial charge in [0.15, 0.2) is 0 Å². The molecular weight excluding hydrogens is 230 g/mol. The lowest BCUT2D eigenvalue weighted by Crippen LogP contribution is -2.31. The molecule has 2 rings (SSSR count). The number of nitro groups is 1. The van der Waals surface area contributed by atoms with Crippen LogP contribution in [0.15, 0.2) is 36.4 Å². The Kier molecular flexibility index (Phi) is 3.48. The van der Waals surface area contributed by atoms with Crippen molar-refractivity contribution >= 4 is 5.69 Å². The van der Waals surface area contributed by atoms with Crippen molar-refractivity contribution in [2.75, 3.05) is 0 Å². The van der Waals surface area contributed by atoms with Crippen molar-refractivity contribution in [3.63, 3.8) is 0 Å². The minimum Gasteiger partial charge on any atom is -0.385 e. The number of aliphatic hydroxyl groups is 1. The molecule has 0 saturated carbocycles. The first-order valence-electron chi connectivity index (χ1n) is 6.16. The van der Waals surface area contributed by atoms with Crippen LogP contribution in [0.3, 0.4) is 0 Å². The zero-order valence-corrected chi connectivity index (χ0v) is 10.4. The van der Waals surface area contributed by atoms with E-state index in [1.165, 1.54) is 12.1 Å². The number of non-ortho nitro benzene ring substituents is 1. The Morgan fingerprint density at radius 1 is 1.39 bits per heavy atom. The largest absolute Gasteiger partial charge is 0.385 e. The first-order chi connectivity index (χ1) is 8.51. The van der Waals surface area contributed by atoms with Crippen LogP contribution in [0.2, 0.25) is 0 Å². The highest BCUT2D eigenvalue weighted by atomic mass is 16.6. The van der Waals surface area contributed by atoms with Gasteiger partial charge in [0.1, 0.15) is 0 Å². The van der Waals surface area contributed by atoms with Crippen molar-refractivity contribution in [1.29, 1.82) is 0 Å². The molecule has 0 saturated heterocycles. The molecule has 0 aliphatic heterocycles. The van der Waals surface area contributed by atoms with Gasteiger partial charge in [-0.2, -0.15) is 0 Å². The molecule has 0 aromatic heterocycles. The highest BCUT2D eigenvalue weighted by molar-refractivity contribution is 5.36. The minimum atomic E-state index is -0.966.